The van der Waals surface area contributed by atoms with Crippen molar-refractivity contribution in [1.29, 1.82) is 0 Å². The molecule has 0 aliphatic heterocycles. The normalized spacial score (nSPS) is 15.2. The van der Waals surface area contributed by atoms with Crippen molar-refractivity contribution >= 4 is 5.84 Å². The smallest absolute Gasteiger partial charge is 0.188 e. The van der Waals surface area contributed by atoms with Crippen molar-refractivity contribution in [1.82, 2.24) is 10.3 Å². The first-order valence-corrected chi connectivity index (χ1v) is 6.34. The Balaban J connectivity index is 2.54. The third kappa shape index (κ3) is 5.23. The summed E-state index contributed by atoms with van der Waals surface area (Å²) in [5.41, 5.74) is 6.17. The summed E-state index contributed by atoms with van der Waals surface area (Å²) in [5, 5.41) is 24.7. The lowest BCUT2D eigenvalue weighted by Gasteiger charge is -2.23. The molecule has 106 valence electrons. The van der Waals surface area contributed by atoms with Crippen LogP contribution in [0.2, 0.25) is 0 Å². The van der Waals surface area contributed by atoms with Gasteiger partial charge in [0.1, 0.15) is 5.69 Å². The molecular formula is C13H22N4O2. The van der Waals surface area contributed by atoms with Crippen molar-refractivity contribution in [3.05, 3.63) is 29.6 Å². The van der Waals surface area contributed by atoms with E-state index >= 15 is 0 Å². The van der Waals surface area contributed by atoms with Gasteiger partial charge in [-0.2, -0.15) is 0 Å². The molecule has 0 aromatic carbocycles. The second kappa shape index (κ2) is 7.06. The van der Waals surface area contributed by atoms with Gasteiger partial charge in [0.2, 0.25) is 0 Å². The minimum atomic E-state index is -0.698. The number of hydrogen-bond donors (Lipinski definition) is 4. The quantitative estimate of drug-likeness (QED) is 0.253. The van der Waals surface area contributed by atoms with Gasteiger partial charge in [-0.3, -0.25) is 4.98 Å². The number of aromatic nitrogens is 1. The van der Waals surface area contributed by atoms with Gasteiger partial charge in [0.15, 0.2) is 5.84 Å². The fraction of sp³-hybridized carbons (Fsp3) is 0.538. The lowest BCUT2D eigenvalue weighted by Crippen LogP contribution is -2.37. The Morgan fingerprint density at radius 2 is 2.32 bits per heavy atom. The molecule has 0 saturated heterocycles. The molecule has 0 amide bonds. The van der Waals surface area contributed by atoms with Crippen LogP contribution in [-0.4, -0.2) is 33.3 Å². The predicted octanol–water partition coefficient (Wildman–Crippen LogP) is 0.817. The molecule has 0 spiro atoms. The molecular weight excluding hydrogens is 244 g/mol. The Morgan fingerprint density at radius 1 is 1.58 bits per heavy atom. The topological polar surface area (TPSA) is 104 Å². The lowest BCUT2D eigenvalue weighted by molar-refractivity contribution is 0.0498. The first kappa shape index (κ1) is 15.4. The van der Waals surface area contributed by atoms with Crippen LogP contribution in [-0.2, 0) is 6.54 Å². The number of nitrogens with two attached hydrogens (primary N) is 1. The number of pyridine rings is 1. The molecule has 0 bridgehead atoms. The van der Waals surface area contributed by atoms with Crippen LogP contribution >= 0.6 is 0 Å². The van der Waals surface area contributed by atoms with Gasteiger partial charge in [-0.05, 0) is 31.0 Å². The predicted molar refractivity (Wildman–Crippen MR) is 74.0 cm³/mol. The Labute approximate surface area is 113 Å². The lowest BCUT2D eigenvalue weighted by atomic mass is 10.0. The third-order valence-corrected chi connectivity index (χ3v) is 2.82. The molecule has 1 aromatic rings. The SMILES string of the molecule is CCCC(C)(O)CNCc1ccnc(/C(N)=N/O)c1. The maximum atomic E-state index is 10.0. The molecule has 1 heterocycles. The van der Waals surface area contributed by atoms with Crippen molar-refractivity contribution in [2.75, 3.05) is 6.54 Å². The van der Waals surface area contributed by atoms with E-state index in [0.717, 1.165) is 18.4 Å². The molecule has 0 aliphatic carbocycles. The Morgan fingerprint density at radius 3 is 2.95 bits per heavy atom. The Bertz CT molecular complexity index is 432. The van der Waals surface area contributed by atoms with Gasteiger partial charge in [-0.15, -0.1) is 0 Å². The van der Waals surface area contributed by atoms with Crippen molar-refractivity contribution in [3.63, 3.8) is 0 Å². The number of rotatable bonds is 7. The number of aliphatic hydroxyl groups is 1. The molecule has 5 N–H and O–H groups in total. The fourth-order valence-electron chi connectivity index (χ4n) is 1.88. The summed E-state index contributed by atoms with van der Waals surface area (Å²) < 4.78 is 0. The summed E-state index contributed by atoms with van der Waals surface area (Å²) in [7, 11) is 0. The highest BCUT2D eigenvalue weighted by Crippen LogP contribution is 2.10. The van der Waals surface area contributed by atoms with Crippen LogP contribution in [0.15, 0.2) is 23.5 Å². The van der Waals surface area contributed by atoms with Gasteiger partial charge in [0.05, 0.1) is 5.60 Å². The van der Waals surface area contributed by atoms with Crippen molar-refractivity contribution in [2.45, 2.75) is 38.8 Å². The van der Waals surface area contributed by atoms with Crippen LogP contribution in [0.3, 0.4) is 0 Å². The highest BCUT2D eigenvalue weighted by atomic mass is 16.4. The van der Waals surface area contributed by atoms with E-state index in [4.69, 9.17) is 10.9 Å². The number of nitrogens with one attached hydrogen (secondary N) is 1. The summed E-state index contributed by atoms with van der Waals surface area (Å²) in [6, 6.07) is 3.59. The molecule has 0 aliphatic rings. The van der Waals surface area contributed by atoms with E-state index in [0.29, 0.717) is 18.8 Å². The molecule has 1 aromatic heterocycles. The van der Waals surface area contributed by atoms with E-state index in [1.807, 2.05) is 19.9 Å². The van der Waals surface area contributed by atoms with Gasteiger partial charge < -0.3 is 21.4 Å². The van der Waals surface area contributed by atoms with E-state index in [-0.39, 0.29) is 5.84 Å². The highest BCUT2D eigenvalue weighted by Gasteiger charge is 2.17. The average molecular weight is 266 g/mol. The van der Waals surface area contributed by atoms with Gasteiger partial charge in [-0.25, -0.2) is 0 Å². The van der Waals surface area contributed by atoms with E-state index in [1.54, 1.807) is 12.3 Å². The minimum absolute atomic E-state index is 0.0140. The summed E-state index contributed by atoms with van der Waals surface area (Å²) >= 11 is 0. The maximum absolute atomic E-state index is 10.0. The van der Waals surface area contributed by atoms with E-state index in [9.17, 15) is 5.11 Å². The zero-order valence-electron chi connectivity index (χ0n) is 11.4. The van der Waals surface area contributed by atoms with Crippen LogP contribution in [0.25, 0.3) is 0 Å². The van der Waals surface area contributed by atoms with Crippen molar-refractivity contribution in [3.8, 4) is 0 Å². The molecule has 0 fully saturated rings. The molecule has 0 radical (unpaired) electrons. The number of nitrogens with zero attached hydrogens (tertiary/aromatic N) is 2. The van der Waals surface area contributed by atoms with Crippen LogP contribution in [0.5, 0.6) is 0 Å². The van der Waals surface area contributed by atoms with Gasteiger partial charge in [0, 0.05) is 19.3 Å². The zero-order valence-corrected chi connectivity index (χ0v) is 11.4. The molecule has 19 heavy (non-hydrogen) atoms. The molecule has 6 heteroatoms. The summed E-state index contributed by atoms with van der Waals surface area (Å²) in [4.78, 5) is 4.00. The molecule has 1 atom stereocenters. The van der Waals surface area contributed by atoms with Gasteiger partial charge in [0.25, 0.3) is 0 Å². The van der Waals surface area contributed by atoms with Crippen molar-refractivity contribution in [2.24, 2.45) is 10.9 Å². The van der Waals surface area contributed by atoms with Crippen molar-refractivity contribution < 1.29 is 10.3 Å². The molecule has 0 saturated carbocycles. The molecule has 1 unspecified atom stereocenters. The first-order chi connectivity index (χ1) is 8.98. The molecule has 1 rings (SSSR count). The second-order valence-corrected chi connectivity index (χ2v) is 4.89. The maximum Gasteiger partial charge on any atom is 0.188 e. The minimum Gasteiger partial charge on any atom is -0.409 e. The van der Waals surface area contributed by atoms with E-state index in [2.05, 4.69) is 15.5 Å². The number of hydrogen-bond acceptors (Lipinski definition) is 5. The van der Waals surface area contributed by atoms with Crippen LogP contribution < -0.4 is 11.1 Å². The first-order valence-electron chi connectivity index (χ1n) is 6.34. The van der Waals surface area contributed by atoms with Crippen LogP contribution in [0.4, 0.5) is 0 Å². The number of oxime groups is 1. The Kier molecular flexibility index (Phi) is 5.72. The molecule has 6 nitrogen and oxygen atoms in total. The summed E-state index contributed by atoms with van der Waals surface area (Å²) in [5.74, 6) is -0.0140. The third-order valence-electron chi connectivity index (χ3n) is 2.82. The van der Waals surface area contributed by atoms with Gasteiger partial charge >= 0.3 is 0 Å². The highest BCUT2D eigenvalue weighted by molar-refractivity contribution is 5.95. The summed E-state index contributed by atoms with van der Waals surface area (Å²) in [6.07, 6.45) is 3.30. The van der Waals surface area contributed by atoms with Gasteiger partial charge in [-0.1, -0.05) is 18.5 Å². The monoisotopic (exact) mass is 266 g/mol. The fourth-order valence-corrected chi connectivity index (χ4v) is 1.88. The second-order valence-electron chi connectivity index (χ2n) is 4.89. The standard InChI is InChI=1S/C13H22N4O2/c1-3-5-13(2,18)9-15-8-10-4-6-16-11(7-10)12(14)17-19/h4,6-7,15,18-19H,3,5,8-9H2,1-2H3,(H2,14,17). The largest absolute Gasteiger partial charge is 0.409 e. The van der Waals surface area contributed by atoms with E-state index < -0.39 is 5.60 Å². The summed E-state index contributed by atoms with van der Waals surface area (Å²) in [6.45, 7) is 4.97. The average Bonchev–Trinajstić information content (AvgIpc) is 2.38. The Hall–Kier alpha value is -1.66. The number of amidine groups is 1. The van der Waals surface area contributed by atoms with E-state index in [1.165, 1.54) is 0 Å². The van der Waals surface area contributed by atoms with Crippen LogP contribution in [0, 0.1) is 0 Å². The van der Waals surface area contributed by atoms with Crippen LogP contribution in [0.1, 0.15) is 37.9 Å². The zero-order chi connectivity index (χ0) is 14.3.